The van der Waals surface area contributed by atoms with Crippen LogP contribution in [0.15, 0.2) is 24.3 Å². The van der Waals surface area contributed by atoms with E-state index >= 15 is 0 Å². The molecule has 1 unspecified atom stereocenters. The van der Waals surface area contributed by atoms with Gasteiger partial charge in [-0.3, -0.25) is 0 Å². The van der Waals surface area contributed by atoms with Crippen LogP contribution in [0.1, 0.15) is 207 Å². The van der Waals surface area contributed by atoms with E-state index in [0.717, 1.165) is 30.8 Å². The largest absolute Gasteiger partial charge is 0.379 e. The molecule has 0 heterocycles. The third kappa shape index (κ3) is 45.4. The molecule has 0 N–H and O–H groups in total. The summed E-state index contributed by atoms with van der Waals surface area (Å²) in [6.45, 7) is 12.1. The van der Waals surface area contributed by atoms with Crippen molar-refractivity contribution in [3.8, 4) is 0 Å². The van der Waals surface area contributed by atoms with Crippen molar-refractivity contribution in [2.75, 3.05) is 47.5 Å². The Labute approximate surface area is 298 Å². The zero-order chi connectivity index (χ0) is 34.9. The van der Waals surface area contributed by atoms with E-state index in [4.69, 9.17) is 9.47 Å². The summed E-state index contributed by atoms with van der Waals surface area (Å²) in [5.41, 5.74) is 0. The SMILES string of the molecule is CC.CCCCCCCC/C=C\CCCCCCCCOCC(C[N+](C)(C)C)OCCCCCCCC/C=C\CCCCCCCC. The summed E-state index contributed by atoms with van der Waals surface area (Å²) >= 11 is 0. The lowest BCUT2D eigenvalue weighted by molar-refractivity contribution is -0.873. The first-order chi connectivity index (χ1) is 23.0. The second-order valence-electron chi connectivity index (χ2n) is 14.9. The van der Waals surface area contributed by atoms with Crippen LogP contribution in [0.4, 0.5) is 0 Å². The van der Waals surface area contributed by atoms with Crippen LogP contribution in [0.3, 0.4) is 0 Å². The van der Waals surface area contributed by atoms with Crippen molar-refractivity contribution in [1.29, 1.82) is 0 Å². The summed E-state index contributed by atoms with van der Waals surface area (Å²) in [7, 11) is 6.77. The van der Waals surface area contributed by atoms with Crippen molar-refractivity contribution in [2.45, 2.75) is 214 Å². The van der Waals surface area contributed by atoms with Gasteiger partial charge >= 0.3 is 0 Å². The van der Waals surface area contributed by atoms with Gasteiger partial charge in [0, 0.05) is 13.2 Å². The zero-order valence-electron chi connectivity index (χ0n) is 33.8. The van der Waals surface area contributed by atoms with Gasteiger partial charge in [0.15, 0.2) is 0 Å². The molecule has 0 aliphatic rings. The number of nitrogens with zero attached hydrogens (tertiary/aromatic N) is 1. The molecule has 0 bridgehead atoms. The van der Waals surface area contributed by atoms with E-state index in [-0.39, 0.29) is 6.10 Å². The van der Waals surface area contributed by atoms with E-state index in [0.29, 0.717) is 0 Å². The predicted molar refractivity (Wildman–Crippen MR) is 214 cm³/mol. The van der Waals surface area contributed by atoms with Gasteiger partial charge in [0.05, 0.1) is 27.7 Å². The van der Waals surface area contributed by atoms with Crippen molar-refractivity contribution in [2.24, 2.45) is 0 Å². The Hall–Kier alpha value is -0.640. The highest BCUT2D eigenvalue weighted by Gasteiger charge is 2.19. The molecule has 0 aromatic rings. The molecule has 0 aliphatic carbocycles. The molecular weight excluding hydrogens is 574 g/mol. The summed E-state index contributed by atoms with van der Waals surface area (Å²) < 4.78 is 13.3. The fraction of sp³-hybridized carbons (Fsp3) is 0.909. The van der Waals surface area contributed by atoms with Crippen LogP contribution >= 0.6 is 0 Å². The van der Waals surface area contributed by atoms with Crippen molar-refractivity contribution >= 4 is 0 Å². The Morgan fingerprint density at radius 1 is 0.426 bits per heavy atom. The van der Waals surface area contributed by atoms with Gasteiger partial charge in [-0.25, -0.2) is 0 Å². The molecule has 0 rings (SSSR count). The minimum absolute atomic E-state index is 0.210. The smallest absolute Gasteiger partial charge is 0.130 e. The maximum atomic E-state index is 6.32. The molecule has 3 heteroatoms. The van der Waals surface area contributed by atoms with E-state index in [2.05, 4.69) is 59.3 Å². The molecule has 0 aliphatic heterocycles. The molecule has 1 atom stereocenters. The van der Waals surface area contributed by atoms with Gasteiger partial charge in [-0.05, 0) is 64.2 Å². The fourth-order valence-electron chi connectivity index (χ4n) is 6.03. The Bertz CT molecular complexity index is 609. The highest BCUT2D eigenvalue weighted by Crippen LogP contribution is 2.12. The van der Waals surface area contributed by atoms with Crippen LogP contribution in [-0.4, -0.2) is 58.1 Å². The molecule has 0 saturated carbocycles. The highest BCUT2D eigenvalue weighted by atomic mass is 16.5. The van der Waals surface area contributed by atoms with Crippen LogP contribution < -0.4 is 0 Å². The number of unbranched alkanes of at least 4 members (excludes halogenated alkanes) is 24. The Balaban J connectivity index is 0. The van der Waals surface area contributed by atoms with Crippen LogP contribution in [0.5, 0.6) is 0 Å². The highest BCUT2D eigenvalue weighted by molar-refractivity contribution is 4.82. The van der Waals surface area contributed by atoms with Crippen molar-refractivity contribution in [1.82, 2.24) is 0 Å². The summed E-state index contributed by atoms with van der Waals surface area (Å²) in [5.74, 6) is 0. The Morgan fingerprint density at radius 3 is 1.11 bits per heavy atom. The average Bonchev–Trinajstić information content (AvgIpc) is 3.05. The molecule has 3 nitrogen and oxygen atoms in total. The third-order valence-electron chi connectivity index (χ3n) is 8.87. The normalized spacial score (nSPS) is 12.7. The summed E-state index contributed by atoms with van der Waals surface area (Å²) in [5, 5.41) is 0. The first-order valence-electron chi connectivity index (χ1n) is 21.3. The van der Waals surface area contributed by atoms with E-state index in [9.17, 15) is 0 Å². The van der Waals surface area contributed by atoms with Gasteiger partial charge in [-0.2, -0.15) is 0 Å². The number of ether oxygens (including phenoxy) is 2. The molecule has 47 heavy (non-hydrogen) atoms. The third-order valence-corrected chi connectivity index (χ3v) is 8.87. The Kier molecular flexibility index (Phi) is 42.8. The Morgan fingerprint density at radius 2 is 0.745 bits per heavy atom. The molecule has 0 amide bonds. The molecule has 282 valence electrons. The van der Waals surface area contributed by atoms with Crippen LogP contribution in [0, 0.1) is 0 Å². The van der Waals surface area contributed by atoms with E-state index in [1.54, 1.807) is 0 Å². The van der Waals surface area contributed by atoms with Gasteiger partial charge in [0.1, 0.15) is 12.6 Å². The van der Waals surface area contributed by atoms with Crippen LogP contribution in [0.2, 0.25) is 0 Å². The minimum Gasteiger partial charge on any atom is -0.379 e. The van der Waals surface area contributed by atoms with Gasteiger partial charge in [-0.1, -0.05) is 168 Å². The number of likely N-dealkylation sites (N-methyl/N-ethyl adjacent to an activating group) is 1. The van der Waals surface area contributed by atoms with Crippen molar-refractivity contribution < 1.29 is 14.0 Å². The molecule has 0 spiro atoms. The second kappa shape index (κ2) is 41.5. The second-order valence-corrected chi connectivity index (χ2v) is 14.9. The van der Waals surface area contributed by atoms with Gasteiger partial charge in [0.25, 0.3) is 0 Å². The predicted octanol–water partition coefficient (Wildman–Crippen LogP) is 14.2. The minimum atomic E-state index is 0.210. The van der Waals surface area contributed by atoms with E-state index in [1.807, 2.05) is 13.8 Å². The lowest BCUT2D eigenvalue weighted by atomic mass is 10.1. The standard InChI is InChI=1S/C42H84NO2.C2H6/c1-6-8-10-12-14-16-18-20-22-24-26-28-30-32-34-36-38-44-41-42(40-43(3,4)5)45-39-37-35-33-31-29-27-25-23-21-19-17-15-13-11-9-7-2;1-2/h20-23,42H,6-19,24-41H2,1-5H3;1-2H3/q+1;/b22-20-,23-21-;. The number of quaternary nitrogens is 1. The number of rotatable bonds is 37. The molecule has 0 radical (unpaired) electrons. The van der Waals surface area contributed by atoms with Crippen molar-refractivity contribution in [3.63, 3.8) is 0 Å². The summed E-state index contributed by atoms with van der Waals surface area (Å²) in [6, 6.07) is 0. The van der Waals surface area contributed by atoms with E-state index < -0.39 is 0 Å². The monoisotopic (exact) mass is 665 g/mol. The zero-order valence-corrected chi connectivity index (χ0v) is 33.8. The van der Waals surface area contributed by atoms with Crippen LogP contribution in [0.25, 0.3) is 0 Å². The number of hydrogen-bond acceptors (Lipinski definition) is 2. The molecule has 0 saturated heterocycles. The number of hydrogen-bond donors (Lipinski definition) is 0. The molecule has 0 aromatic carbocycles. The molecule has 0 fully saturated rings. The maximum Gasteiger partial charge on any atom is 0.130 e. The topological polar surface area (TPSA) is 18.5 Å². The van der Waals surface area contributed by atoms with Gasteiger partial charge in [-0.15, -0.1) is 0 Å². The summed E-state index contributed by atoms with van der Waals surface area (Å²) in [4.78, 5) is 0. The first-order valence-corrected chi connectivity index (χ1v) is 21.3. The van der Waals surface area contributed by atoms with Crippen molar-refractivity contribution in [3.05, 3.63) is 24.3 Å². The molecular formula is C44H90NO2+. The quantitative estimate of drug-likeness (QED) is 0.0374. The maximum absolute atomic E-state index is 6.32. The lowest BCUT2D eigenvalue weighted by Gasteiger charge is -2.29. The molecule has 0 aromatic heterocycles. The van der Waals surface area contributed by atoms with Gasteiger partial charge < -0.3 is 14.0 Å². The average molecular weight is 665 g/mol. The lowest BCUT2D eigenvalue weighted by Crippen LogP contribution is -2.44. The van der Waals surface area contributed by atoms with Crippen LogP contribution in [-0.2, 0) is 9.47 Å². The first kappa shape index (κ1) is 48.5. The number of allylic oxidation sites excluding steroid dienone is 4. The summed E-state index contributed by atoms with van der Waals surface area (Å²) in [6.07, 6.45) is 47.6. The fourth-order valence-corrected chi connectivity index (χ4v) is 6.03. The van der Waals surface area contributed by atoms with Gasteiger partial charge in [0.2, 0.25) is 0 Å². The van der Waals surface area contributed by atoms with E-state index in [1.165, 1.54) is 180 Å².